The van der Waals surface area contributed by atoms with Gasteiger partial charge in [0.25, 0.3) is 0 Å². The van der Waals surface area contributed by atoms with Crippen molar-refractivity contribution < 1.29 is 17.6 Å². The molecule has 1 aliphatic rings. The number of hydrogen-bond acceptors (Lipinski definition) is 3. The van der Waals surface area contributed by atoms with Crippen LogP contribution in [0.3, 0.4) is 0 Å². The van der Waals surface area contributed by atoms with Crippen molar-refractivity contribution in [1.82, 2.24) is 5.32 Å². The van der Waals surface area contributed by atoms with E-state index in [0.717, 1.165) is 0 Å². The number of halogens is 4. The summed E-state index contributed by atoms with van der Waals surface area (Å²) in [5.74, 6) is -3.27. The summed E-state index contributed by atoms with van der Waals surface area (Å²) < 4.78 is 47.9. The van der Waals surface area contributed by atoms with Crippen LogP contribution >= 0.6 is 11.8 Å². The lowest BCUT2D eigenvalue weighted by atomic mass is 10.3. The van der Waals surface area contributed by atoms with Crippen LogP contribution in [0.25, 0.3) is 0 Å². The van der Waals surface area contributed by atoms with E-state index < -0.39 is 18.9 Å². The Kier molecular flexibility index (Phi) is 3.40. The van der Waals surface area contributed by atoms with Crippen LogP contribution in [0.4, 0.5) is 17.6 Å². The maximum Gasteiger partial charge on any atom is 0.324 e. The lowest BCUT2D eigenvalue weighted by molar-refractivity contribution is -0.122. The van der Waals surface area contributed by atoms with E-state index in [1.807, 2.05) is 0 Å². The largest absolute Gasteiger partial charge is 0.359 e. The second-order valence-electron chi connectivity index (χ2n) is 2.45. The Morgan fingerprint density at radius 2 is 2.23 bits per heavy atom. The smallest absolute Gasteiger partial charge is 0.324 e. The molecule has 1 heterocycles. The molecule has 0 spiro atoms. The van der Waals surface area contributed by atoms with Gasteiger partial charge in [0.05, 0.1) is 13.1 Å². The number of alkyl halides is 4. The molecule has 0 aliphatic carbocycles. The summed E-state index contributed by atoms with van der Waals surface area (Å²) in [6, 6.07) is 0. The molecule has 76 valence electrons. The Bertz CT molecular complexity index is 207. The van der Waals surface area contributed by atoms with Gasteiger partial charge in [0.2, 0.25) is 0 Å². The molecule has 0 saturated heterocycles. The quantitative estimate of drug-likeness (QED) is 0.724. The summed E-state index contributed by atoms with van der Waals surface area (Å²) in [5, 5.41) is 2.51. The molecule has 0 atom stereocenters. The van der Waals surface area contributed by atoms with E-state index in [1.165, 1.54) is 11.8 Å². The first-order chi connectivity index (χ1) is 6.02. The zero-order chi connectivity index (χ0) is 9.90. The molecule has 0 aromatic rings. The number of amidine groups is 1. The molecular weight excluding hydrogens is 208 g/mol. The molecule has 13 heavy (non-hydrogen) atoms. The number of nitrogens with one attached hydrogen (secondary N) is 1. The SMILES string of the molecule is FC(F)C(F)(F)CNC1=NCCS1. The van der Waals surface area contributed by atoms with Crippen molar-refractivity contribution in [2.75, 3.05) is 18.8 Å². The van der Waals surface area contributed by atoms with E-state index in [4.69, 9.17) is 0 Å². The van der Waals surface area contributed by atoms with Gasteiger partial charge in [0.15, 0.2) is 5.17 Å². The highest BCUT2D eigenvalue weighted by molar-refractivity contribution is 8.14. The molecular formula is C6H8F4N2S. The summed E-state index contributed by atoms with van der Waals surface area (Å²) in [6.07, 6.45) is -3.63. The van der Waals surface area contributed by atoms with Crippen molar-refractivity contribution in [3.05, 3.63) is 0 Å². The van der Waals surface area contributed by atoms with Crippen LogP contribution in [0.2, 0.25) is 0 Å². The third kappa shape index (κ3) is 3.06. The van der Waals surface area contributed by atoms with E-state index in [2.05, 4.69) is 10.3 Å². The number of nitrogens with zero attached hydrogens (tertiary/aromatic N) is 1. The zero-order valence-corrected chi connectivity index (χ0v) is 7.38. The van der Waals surface area contributed by atoms with Gasteiger partial charge in [-0.05, 0) is 0 Å². The highest BCUT2D eigenvalue weighted by atomic mass is 32.2. The van der Waals surface area contributed by atoms with Gasteiger partial charge in [0.1, 0.15) is 0 Å². The molecule has 0 aromatic carbocycles. The average molecular weight is 216 g/mol. The van der Waals surface area contributed by atoms with Crippen LogP contribution in [-0.2, 0) is 0 Å². The summed E-state index contributed by atoms with van der Waals surface area (Å²) in [5.41, 5.74) is 0. The van der Waals surface area contributed by atoms with Crippen molar-refractivity contribution in [3.8, 4) is 0 Å². The van der Waals surface area contributed by atoms with Gasteiger partial charge in [-0.15, -0.1) is 0 Å². The Morgan fingerprint density at radius 1 is 1.54 bits per heavy atom. The highest BCUT2D eigenvalue weighted by Crippen LogP contribution is 2.22. The normalized spacial score (nSPS) is 17.8. The fraction of sp³-hybridized carbons (Fsp3) is 0.833. The first-order valence-corrected chi connectivity index (χ1v) is 4.58. The monoisotopic (exact) mass is 216 g/mol. The van der Waals surface area contributed by atoms with Crippen LogP contribution < -0.4 is 5.32 Å². The molecule has 1 N–H and O–H groups in total. The van der Waals surface area contributed by atoms with Crippen LogP contribution in [0.5, 0.6) is 0 Å². The standard InChI is InChI=1S/C6H8F4N2S/c7-4(8)6(9,10)3-12-5-11-1-2-13-5/h4H,1-3H2,(H,11,12). The van der Waals surface area contributed by atoms with Crippen molar-refractivity contribution in [2.45, 2.75) is 12.3 Å². The number of aliphatic imine (C=N–C) groups is 1. The molecule has 0 radical (unpaired) electrons. The lowest BCUT2D eigenvalue weighted by Crippen LogP contribution is -2.40. The molecule has 0 saturated carbocycles. The van der Waals surface area contributed by atoms with Crippen LogP contribution in [0.1, 0.15) is 0 Å². The van der Waals surface area contributed by atoms with E-state index in [1.54, 1.807) is 0 Å². The summed E-state index contributed by atoms with van der Waals surface area (Å²) >= 11 is 1.26. The van der Waals surface area contributed by atoms with E-state index in [9.17, 15) is 17.6 Å². The average Bonchev–Trinajstić information content (AvgIpc) is 2.52. The van der Waals surface area contributed by atoms with Gasteiger partial charge in [-0.2, -0.15) is 8.78 Å². The molecule has 1 aliphatic heterocycles. The first kappa shape index (κ1) is 10.6. The van der Waals surface area contributed by atoms with Crippen LogP contribution in [0.15, 0.2) is 4.99 Å². The number of hydrogen-bond donors (Lipinski definition) is 1. The van der Waals surface area contributed by atoms with Crippen LogP contribution in [0, 0.1) is 0 Å². The van der Waals surface area contributed by atoms with Gasteiger partial charge in [0, 0.05) is 5.75 Å². The van der Waals surface area contributed by atoms with Crippen molar-refractivity contribution in [1.29, 1.82) is 0 Å². The van der Waals surface area contributed by atoms with Gasteiger partial charge in [-0.25, -0.2) is 8.78 Å². The second-order valence-corrected chi connectivity index (χ2v) is 3.53. The number of rotatable bonds is 3. The zero-order valence-electron chi connectivity index (χ0n) is 6.57. The van der Waals surface area contributed by atoms with E-state index in [-0.39, 0.29) is 0 Å². The fourth-order valence-corrected chi connectivity index (χ4v) is 1.45. The van der Waals surface area contributed by atoms with Crippen molar-refractivity contribution in [2.24, 2.45) is 4.99 Å². The molecule has 1 rings (SSSR count). The van der Waals surface area contributed by atoms with Crippen molar-refractivity contribution >= 4 is 16.9 Å². The summed E-state index contributed by atoms with van der Waals surface area (Å²) in [4.78, 5) is 3.79. The minimum absolute atomic E-state index is 0.320. The lowest BCUT2D eigenvalue weighted by Gasteiger charge is -2.15. The molecule has 0 unspecified atom stereocenters. The van der Waals surface area contributed by atoms with Gasteiger partial charge in [-0.3, -0.25) is 4.99 Å². The minimum atomic E-state index is -3.98. The molecule has 0 amide bonds. The third-order valence-electron chi connectivity index (χ3n) is 1.38. The maximum absolute atomic E-state index is 12.3. The topological polar surface area (TPSA) is 24.4 Å². The van der Waals surface area contributed by atoms with Crippen LogP contribution in [-0.4, -0.2) is 36.4 Å². The third-order valence-corrected chi connectivity index (χ3v) is 2.31. The number of thioether (sulfide) groups is 1. The van der Waals surface area contributed by atoms with Gasteiger partial charge < -0.3 is 5.32 Å². The molecule has 0 aromatic heterocycles. The highest BCUT2D eigenvalue weighted by Gasteiger charge is 2.40. The maximum atomic E-state index is 12.3. The predicted octanol–water partition coefficient (Wildman–Crippen LogP) is 1.58. The molecule has 7 heteroatoms. The summed E-state index contributed by atoms with van der Waals surface area (Å²) in [7, 11) is 0. The predicted molar refractivity (Wildman–Crippen MR) is 43.7 cm³/mol. The van der Waals surface area contributed by atoms with E-state index in [0.29, 0.717) is 17.5 Å². The molecule has 0 bridgehead atoms. The van der Waals surface area contributed by atoms with Gasteiger partial charge in [-0.1, -0.05) is 11.8 Å². The first-order valence-electron chi connectivity index (χ1n) is 3.59. The summed E-state index contributed by atoms with van der Waals surface area (Å²) in [6.45, 7) is -0.510. The Morgan fingerprint density at radius 3 is 2.69 bits per heavy atom. The van der Waals surface area contributed by atoms with E-state index >= 15 is 0 Å². The fourth-order valence-electron chi connectivity index (χ4n) is 0.713. The Balaban J connectivity index is 2.32. The van der Waals surface area contributed by atoms with Gasteiger partial charge >= 0.3 is 12.3 Å². The molecule has 2 nitrogen and oxygen atoms in total. The Labute approximate surface area is 76.8 Å². The molecule has 0 fully saturated rings. The second kappa shape index (κ2) is 4.17. The minimum Gasteiger partial charge on any atom is -0.359 e. The Hall–Kier alpha value is -0.460. The van der Waals surface area contributed by atoms with Crippen molar-refractivity contribution in [3.63, 3.8) is 0 Å².